The number of likely N-dealkylation sites (N-methyl/N-ethyl adjacent to an activating group) is 1. The van der Waals surface area contributed by atoms with Crippen LogP contribution in [0.1, 0.15) is 10.4 Å². The van der Waals surface area contributed by atoms with Crippen LogP contribution in [0.3, 0.4) is 0 Å². The van der Waals surface area contributed by atoms with Gasteiger partial charge in [0.1, 0.15) is 17.5 Å². The molecule has 0 aromatic carbocycles. The number of aromatic nitrogens is 5. The molecule has 5 rings (SSSR count). The van der Waals surface area contributed by atoms with Gasteiger partial charge in [0.15, 0.2) is 0 Å². The third kappa shape index (κ3) is 4.20. The number of nitrogen functional groups attached to an aromatic ring is 1. The van der Waals surface area contributed by atoms with E-state index in [2.05, 4.69) is 42.2 Å². The number of amides is 1. The Morgan fingerprint density at radius 1 is 1.00 bits per heavy atom. The molecule has 1 amide bonds. The second kappa shape index (κ2) is 8.47. The quantitative estimate of drug-likeness (QED) is 0.492. The second-order valence-electron chi connectivity index (χ2n) is 8.20. The lowest BCUT2D eigenvalue weighted by atomic mass is 10.1. The molecule has 0 unspecified atom stereocenters. The first-order valence-corrected chi connectivity index (χ1v) is 10.7. The van der Waals surface area contributed by atoms with Crippen LogP contribution >= 0.6 is 0 Å². The van der Waals surface area contributed by atoms with Crippen molar-refractivity contribution in [2.75, 3.05) is 49.2 Å². The predicted octanol–water partition coefficient (Wildman–Crippen LogP) is 2.01. The van der Waals surface area contributed by atoms with Crippen LogP contribution in [0.2, 0.25) is 0 Å². The molecule has 1 fully saturated rings. The summed E-state index contributed by atoms with van der Waals surface area (Å²) in [5.41, 5.74) is 9.02. The van der Waals surface area contributed by atoms with Gasteiger partial charge < -0.3 is 20.9 Å². The molecule has 168 valence electrons. The van der Waals surface area contributed by atoms with Gasteiger partial charge in [0.2, 0.25) is 0 Å². The Bertz CT molecular complexity index is 1320. The van der Waals surface area contributed by atoms with Crippen molar-refractivity contribution in [2.24, 2.45) is 7.05 Å². The molecule has 10 nitrogen and oxygen atoms in total. The van der Waals surface area contributed by atoms with E-state index in [-0.39, 0.29) is 5.91 Å². The Hall–Kier alpha value is -4.05. The average Bonchev–Trinajstić information content (AvgIpc) is 3.17. The highest BCUT2D eigenvalue weighted by Gasteiger charge is 2.17. The minimum atomic E-state index is -0.236. The SMILES string of the molecule is CN1CCN(c2cc(C(=O)Nc3cc4cc(-c5cnn(C)c5N)cnc4cn3)ccn2)CC1. The number of nitrogens with one attached hydrogen (secondary N) is 1. The van der Waals surface area contributed by atoms with Gasteiger partial charge in [-0.1, -0.05) is 0 Å². The number of carbonyl (C=O) groups excluding carboxylic acids is 1. The number of carbonyl (C=O) groups is 1. The monoisotopic (exact) mass is 443 g/mol. The standard InChI is InChI=1S/C23H25N9O/c1-30-5-7-32(8-6-30)21-11-15(3-4-25-21)23(33)29-20-10-16-9-17(12-26-19(16)14-27-20)18-13-28-31(2)22(18)24/h3-4,9-14H,5-8,24H2,1-2H3,(H,27,29,33). The molecule has 1 saturated heterocycles. The summed E-state index contributed by atoms with van der Waals surface area (Å²) in [4.78, 5) is 30.7. The van der Waals surface area contributed by atoms with Gasteiger partial charge in [-0.25, -0.2) is 9.97 Å². The summed E-state index contributed by atoms with van der Waals surface area (Å²) in [6.07, 6.45) is 6.77. The number of fused-ring (bicyclic) bond motifs is 1. The molecule has 33 heavy (non-hydrogen) atoms. The van der Waals surface area contributed by atoms with Gasteiger partial charge in [0, 0.05) is 67.7 Å². The van der Waals surface area contributed by atoms with Crippen LogP contribution in [0.4, 0.5) is 17.5 Å². The van der Waals surface area contributed by atoms with Gasteiger partial charge in [0.05, 0.1) is 17.9 Å². The normalized spacial score (nSPS) is 14.5. The summed E-state index contributed by atoms with van der Waals surface area (Å²) < 4.78 is 1.61. The van der Waals surface area contributed by atoms with E-state index in [1.165, 1.54) is 0 Å². The molecular weight excluding hydrogens is 418 g/mol. The van der Waals surface area contributed by atoms with E-state index < -0.39 is 0 Å². The molecule has 0 saturated carbocycles. The molecule has 0 radical (unpaired) electrons. The second-order valence-corrected chi connectivity index (χ2v) is 8.20. The van der Waals surface area contributed by atoms with E-state index >= 15 is 0 Å². The van der Waals surface area contributed by atoms with E-state index in [9.17, 15) is 4.79 Å². The smallest absolute Gasteiger partial charge is 0.257 e. The third-order valence-corrected chi connectivity index (χ3v) is 5.94. The molecule has 4 aromatic rings. The van der Waals surface area contributed by atoms with Crippen LogP contribution in [0, 0.1) is 0 Å². The number of piperazine rings is 1. The first-order chi connectivity index (χ1) is 16.0. The minimum absolute atomic E-state index is 0.236. The molecule has 1 aliphatic heterocycles. The van der Waals surface area contributed by atoms with Gasteiger partial charge in [-0.2, -0.15) is 5.10 Å². The fraction of sp³-hybridized carbons (Fsp3) is 0.261. The van der Waals surface area contributed by atoms with Crippen LogP contribution in [0.15, 0.2) is 49.1 Å². The van der Waals surface area contributed by atoms with Crippen molar-refractivity contribution in [3.8, 4) is 11.1 Å². The van der Waals surface area contributed by atoms with Crippen molar-refractivity contribution in [1.29, 1.82) is 0 Å². The van der Waals surface area contributed by atoms with Crippen molar-refractivity contribution in [3.63, 3.8) is 0 Å². The van der Waals surface area contributed by atoms with E-state index in [0.29, 0.717) is 17.2 Å². The number of nitrogens with zero attached hydrogens (tertiary/aromatic N) is 7. The maximum atomic E-state index is 12.9. The highest BCUT2D eigenvalue weighted by Crippen LogP contribution is 2.27. The lowest BCUT2D eigenvalue weighted by Gasteiger charge is -2.33. The highest BCUT2D eigenvalue weighted by molar-refractivity contribution is 6.04. The van der Waals surface area contributed by atoms with E-state index in [1.54, 1.807) is 48.6 Å². The summed E-state index contributed by atoms with van der Waals surface area (Å²) in [5.74, 6) is 1.58. The van der Waals surface area contributed by atoms with Gasteiger partial charge in [0.25, 0.3) is 5.91 Å². The number of pyridine rings is 3. The lowest BCUT2D eigenvalue weighted by molar-refractivity contribution is 0.102. The summed E-state index contributed by atoms with van der Waals surface area (Å²) in [7, 11) is 3.90. The van der Waals surface area contributed by atoms with Crippen molar-refractivity contribution in [3.05, 3.63) is 54.6 Å². The molecule has 0 aliphatic carbocycles. The van der Waals surface area contributed by atoms with Crippen LogP contribution < -0.4 is 16.0 Å². The fourth-order valence-electron chi connectivity index (χ4n) is 3.87. The van der Waals surface area contributed by atoms with Crippen LogP contribution in [0.5, 0.6) is 0 Å². The Morgan fingerprint density at radius 2 is 1.82 bits per heavy atom. The van der Waals surface area contributed by atoms with Crippen LogP contribution in [0.25, 0.3) is 22.0 Å². The Labute approximate surface area is 191 Å². The Balaban J connectivity index is 1.37. The Morgan fingerprint density at radius 3 is 2.58 bits per heavy atom. The number of aryl methyl sites for hydroxylation is 1. The molecule has 0 bridgehead atoms. The number of nitrogens with two attached hydrogens (primary N) is 1. The summed E-state index contributed by atoms with van der Waals surface area (Å²) in [6.45, 7) is 3.72. The molecule has 0 spiro atoms. The predicted molar refractivity (Wildman–Crippen MR) is 128 cm³/mol. The molecule has 10 heteroatoms. The van der Waals surface area contributed by atoms with Gasteiger partial charge >= 0.3 is 0 Å². The zero-order valence-corrected chi connectivity index (χ0v) is 18.6. The number of anilines is 3. The fourth-order valence-corrected chi connectivity index (χ4v) is 3.87. The zero-order chi connectivity index (χ0) is 22.9. The van der Waals surface area contributed by atoms with E-state index in [0.717, 1.165) is 54.0 Å². The Kier molecular flexibility index (Phi) is 5.35. The maximum Gasteiger partial charge on any atom is 0.257 e. The van der Waals surface area contributed by atoms with Crippen LogP contribution in [-0.2, 0) is 7.05 Å². The lowest BCUT2D eigenvalue weighted by Crippen LogP contribution is -2.44. The van der Waals surface area contributed by atoms with E-state index in [4.69, 9.17) is 5.73 Å². The first kappa shape index (κ1) is 20.8. The minimum Gasteiger partial charge on any atom is -0.383 e. The van der Waals surface area contributed by atoms with Gasteiger partial charge in [-0.05, 0) is 31.3 Å². The number of rotatable bonds is 4. The number of hydrogen-bond acceptors (Lipinski definition) is 8. The molecule has 1 aliphatic rings. The van der Waals surface area contributed by atoms with Crippen molar-refractivity contribution in [1.82, 2.24) is 29.6 Å². The van der Waals surface area contributed by atoms with Crippen molar-refractivity contribution < 1.29 is 4.79 Å². The average molecular weight is 444 g/mol. The summed E-state index contributed by atoms with van der Waals surface area (Å²) in [5, 5.41) is 7.92. The van der Waals surface area contributed by atoms with E-state index in [1.807, 2.05) is 12.1 Å². The van der Waals surface area contributed by atoms with Gasteiger partial charge in [-0.3, -0.25) is 14.5 Å². The summed E-state index contributed by atoms with van der Waals surface area (Å²) >= 11 is 0. The van der Waals surface area contributed by atoms with Crippen LogP contribution in [-0.4, -0.2) is 68.8 Å². The van der Waals surface area contributed by atoms with Crippen molar-refractivity contribution >= 4 is 34.3 Å². The first-order valence-electron chi connectivity index (χ1n) is 10.7. The molecule has 5 heterocycles. The molecular formula is C23H25N9O. The van der Waals surface area contributed by atoms with Gasteiger partial charge in [-0.15, -0.1) is 0 Å². The molecule has 3 N–H and O–H groups in total. The van der Waals surface area contributed by atoms with Crippen molar-refractivity contribution in [2.45, 2.75) is 0 Å². The molecule has 0 atom stereocenters. The largest absolute Gasteiger partial charge is 0.383 e. The highest BCUT2D eigenvalue weighted by atomic mass is 16.1. The third-order valence-electron chi connectivity index (χ3n) is 5.94. The summed E-state index contributed by atoms with van der Waals surface area (Å²) in [6, 6.07) is 7.30. The number of hydrogen-bond donors (Lipinski definition) is 2. The topological polar surface area (TPSA) is 118 Å². The maximum absolute atomic E-state index is 12.9. The molecule has 4 aromatic heterocycles. The zero-order valence-electron chi connectivity index (χ0n) is 18.6.